The van der Waals surface area contributed by atoms with Crippen LogP contribution >= 0.6 is 0 Å². The molecule has 0 spiro atoms. The molecule has 5 nitrogen and oxygen atoms in total. The predicted molar refractivity (Wildman–Crippen MR) is 91.7 cm³/mol. The molecule has 2 aliphatic heterocycles. The van der Waals surface area contributed by atoms with Gasteiger partial charge >= 0.3 is 0 Å². The second kappa shape index (κ2) is 6.89. The van der Waals surface area contributed by atoms with Gasteiger partial charge in [-0.05, 0) is 43.6 Å². The molecule has 0 unspecified atom stereocenters. The number of rotatable bonds is 4. The van der Waals surface area contributed by atoms with Gasteiger partial charge in [0.25, 0.3) is 0 Å². The van der Waals surface area contributed by atoms with Gasteiger partial charge in [-0.15, -0.1) is 0 Å². The molecule has 0 bridgehead atoms. The Morgan fingerprint density at radius 2 is 1.83 bits per heavy atom. The second-order valence-corrected chi connectivity index (χ2v) is 6.91. The van der Waals surface area contributed by atoms with Crippen LogP contribution in [0.15, 0.2) is 24.3 Å². The zero-order valence-corrected chi connectivity index (χ0v) is 14.1. The number of nitrogens with zero attached hydrogens (tertiary/aromatic N) is 3. The Morgan fingerprint density at radius 3 is 2.43 bits per heavy atom. The normalized spacial score (nSPS) is 25.1. The van der Waals surface area contributed by atoms with E-state index in [1.807, 2.05) is 48.2 Å². The van der Waals surface area contributed by atoms with Gasteiger partial charge in [-0.25, -0.2) is 0 Å². The van der Waals surface area contributed by atoms with Crippen LogP contribution in [0.3, 0.4) is 0 Å². The molecular weight excluding hydrogens is 290 g/mol. The molecule has 1 N–H and O–H groups in total. The number of aliphatic hydroxyl groups is 1. The summed E-state index contributed by atoms with van der Waals surface area (Å²) in [5.74, 6) is 0.114. The Labute approximate surface area is 138 Å². The van der Waals surface area contributed by atoms with Crippen LogP contribution < -0.4 is 4.90 Å². The first kappa shape index (κ1) is 16.3. The van der Waals surface area contributed by atoms with Crippen LogP contribution in [0.25, 0.3) is 0 Å². The molecule has 0 aliphatic carbocycles. The highest BCUT2D eigenvalue weighted by Crippen LogP contribution is 2.22. The van der Waals surface area contributed by atoms with Crippen LogP contribution in [-0.2, 0) is 11.2 Å². The first-order valence-electron chi connectivity index (χ1n) is 8.51. The van der Waals surface area contributed by atoms with Gasteiger partial charge in [0.15, 0.2) is 0 Å². The van der Waals surface area contributed by atoms with Crippen molar-refractivity contribution in [1.82, 2.24) is 9.80 Å². The monoisotopic (exact) mass is 317 g/mol. The summed E-state index contributed by atoms with van der Waals surface area (Å²) in [6.07, 6.45) is 2.41. The Hall–Kier alpha value is -1.59. The van der Waals surface area contributed by atoms with Gasteiger partial charge in [-0.1, -0.05) is 12.1 Å². The van der Waals surface area contributed by atoms with Crippen molar-refractivity contribution in [2.45, 2.75) is 31.4 Å². The first-order chi connectivity index (χ1) is 11.0. The molecule has 1 aromatic rings. The number of anilines is 1. The summed E-state index contributed by atoms with van der Waals surface area (Å²) >= 11 is 0. The Bertz CT molecular complexity index is 538. The summed E-state index contributed by atoms with van der Waals surface area (Å²) in [7, 11) is 4.01. The van der Waals surface area contributed by atoms with Gasteiger partial charge in [0, 0.05) is 32.9 Å². The molecule has 0 saturated carbocycles. The molecule has 3 rings (SSSR count). The molecule has 126 valence electrons. The molecule has 0 aromatic heterocycles. The number of hydrogen-bond acceptors (Lipinski definition) is 4. The summed E-state index contributed by atoms with van der Waals surface area (Å²) in [5.41, 5.74) is 2.16. The van der Waals surface area contributed by atoms with E-state index >= 15 is 0 Å². The molecule has 2 heterocycles. The molecule has 2 aliphatic rings. The van der Waals surface area contributed by atoms with Crippen molar-refractivity contribution in [3.8, 4) is 0 Å². The van der Waals surface area contributed by atoms with Gasteiger partial charge in [-0.2, -0.15) is 0 Å². The molecule has 1 aromatic carbocycles. The molecule has 23 heavy (non-hydrogen) atoms. The number of benzene rings is 1. The van der Waals surface area contributed by atoms with Gasteiger partial charge in [0.1, 0.15) is 0 Å². The highest BCUT2D eigenvalue weighted by atomic mass is 16.3. The van der Waals surface area contributed by atoms with E-state index < -0.39 is 6.10 Å². The maximum atomic E-state index is 12.5. The zero-order chi connectivity index (χ0) is 16.4. The van der Waals surface area contributed by atoms with Crippen LogP contribution in [-0.4, -0.2) is 73.2 Å². The molecule has 1 amide bonds. The maximum Gasteiger partial charge on any atom is 0.227 e. The van der Waals surface area contributed by atoms with Crippen LogP contribution in [0, 0.1) is 0 Å². The van der Waals surface area contributed by atoms with E-state index in [-0.39, 0.29) is 11.9 Å². The minimum Gasteiger partial charge on any atom is -0.390 e. The smallest absolute Gasteiger partial charge is 0.227 e. The van der Waals surface area contributed by atoms with Crippen molar-refractivity contribution >= 4 is 11.6 Å². The quantitative estimate of drug-likeness (QED) is 0.899. The number of hydrogen-bond donors (Lipinski definition) is 1. The predicted octanol–water partition coefficient (Wildman–Crippen LogP) is 0.963. The third-order valence-electron chi connectivity index (χ3n) is 5.03. The van der Waals surface area contributed by atoms with Gasteiger partial charge in [-0.3, -0.25) is 9.69 Å². The van der Waals surface area contributed by atoms with E-state index in [0.29, 0.717) is 19.5 Å². The number of aliphatic hydroxyl groups excluding tert-OH is 1. The molecule has 2 saturated heterocycles. The van der Waals surface area contributed by atoms with Crippen molar-refractivity contribution < 1.29 is 9.90 Å². The van der Waals surface area contributed by atoms with E-state index in [4.69, 9.17) is 0 Å². The summed E-state index contributed by atoms with van der Waals surface area (Å²) in [6.45, 7) is 3.23. The molecule has 5 heteroatoms. The number of β-amino-alcohol motifs (C(OH)–C–C–N with tert-alkyl or cyclic N) is 1. The summed E-state index contributed by atoms with van der Waals surface area (Å²) in [6, 6.07) is 8.22. The van der Waals surface area contributed by atoms with Crippen molar-refractivity contribution in [3.63, 3.8) is 0 Å². The maximum absolute atomic E-state index is 12.5. The van der Waals surface area contributed by atoms with Gasteiger partial charge < -0.3 is 14.9 Å². The average Bonchev–Trinajstić information content (AvgIpc) is 3.16. The minimum absolute atomic E-state index is 0.114. The van der Waals surface area contributed by atoms with E-state index in [0.717, 1.165) is 24.3 Å². The lowest BCUT2D eigenvalue weighted by molar-refractivity contribution is -0.129. The van der Waals surface area contributed by atoms with Crippen LogP contribution in [0.1, 0.15) is 18.4 Å². The van der Waals surface area contributed by atoms with Crippen molar-refractivity contribution in [2.75, 3.05) is 45.2 Å². The van der Waals surface area contributed by atoms with Gasteiger partial charge in [0.05, 0.1) is 18.6 Å². The number of carbonyl (C=O) groups excluding carboxylic acids is 1. The second-order valence-electron chi connectivity index (χ2n) is 6.91. The summed E-state index contributed by atoms with van der Waals surface area (Å²) in [4.78, 5) is 18.7. The number of amides is 1. The first-order valence-corrected chi connectivity index (χ1v) is 8.51. The van der Waals surface area contributed by atoms with E-state index in [9.17, 15) is 9.90 Å². The number of carbonyl (C=O) groups is 1. The molecule has 2 atom stereocenters. The highest BCUT2D eigenvalue weighted by Gasteiger charge is 2.38. The van der Waals surface area contributed by atoms with E-state index in [2.05, 4.69) is 4.90 Å². The Kier molecular flexibility index (Phi) is 4.87. The Morgan fingerprint density at radius 1 is 1.17 bits per heavy atom. The third-order valence-corrected chi connectivity index (χ3v) is 5.03. The van der Waals surface area contributed by atoms with Crippen molar-refractivity contribution in [2.24, 2.45) is 0 Å². The molecule has 2 fully saturated rings. The zero-order valence-electron chi connectivity index (χ0n) is 14.1. The number of likely N-dealkylation sites (tertiary alicyclic amines) is 2. The average molecular weight is 317 g/mol. The third kappa shape index (κ3) is 3.67. The Balaban J connectivity index is 1.58. The van der Waals surface area contributed by atoms with Crippen LogP contribution in [0.4, 0.5) is 5.69 Å². The van der Waals surface area contributed by atoms with Crippen molar-refractivity contribution in [3.05, 3.63) is 29.8 Å². The van der Waals surface area contributed by atoms with E-state index in [1.54, 1.807) is 0 Å². The lowest BCUT2D eigenvalue weighted by Gasteiger charge is -2.25. The fourth-order valence-corrected chi connectivity index (χ4v) is 3.60. The molecular formula is C18H27N3O2. The fraction of sp³-hybridized carbons (Fsp3) is 0.611. The summed E-state index contributed by atoms with van der Waals surface area (Å²) < 4.78 is 0. The highest BCUT2D eigenvalue weighted by molar-refractivity contribution is 5.79. The fourth-order valence-electron chi connectivity index (χ4n) is 3.60. The van der Waals surface area contributed by atoms with Crippen molar-refractivity contribution in [1.29, 1.82) is 0 Å². The lowest BCUT2D eigenvalue weighted by Crippen LogP contribution is -2.41. The SMILES string of the molecule is CN(C)c1ccc(CC(=O)N2C[C@H](O)[C@@H](N3CCCC3)C2)cc1. The largest absolute Gasteiger partial charge is 0.390 e. The minimum atomic E-state index is -0.409. The van der Waals surface area contributed by atoms with Gasteiger partial charge in [0.2, 0.25) is 5.91 Å². The molecule has 0 radical (unpaired) electrons. The van der Waals surface area contributed by atoms with Crippen LogP contribution in [0.2, 0.25) is 0 Å². The van der Waals surface area contributed by atoms with Crippen LogP contribution in [0.5, 0.6) is 0 Å². The lowest BCUT2D eigenvalue weighted by atomic mass is 10.1. The topological polar surface area (TPSA) is 47.0 Å². The standard InChI is InChI=1S/C18H27N3O2/c1-19(2)15-7-5-14(6-8-15)11-18(23)21-12-16(17(22)13-21)20-9-3-4-10-20/h5-8,16-17,22H,3-4,9-13H2,1-2H3/t16-,17-/m0/s1. The summed E-state index contributed by atoms with van der Waals surface area (Å²) in [5, 5.41) is 10.3. The van der Waals surface area contributed by atoms with E-state index in [1.165, 1.54) is 12.8 Å².